The second-order valence-corrected chi connectivity index (χ2v) is 6.75. The third-order valence-electron chi connectivity index (χ3n) is 3.23. The number of allylic oxidation sites excluding steroid dienone is 1. The van der Waals surface area contributed by atoms with Crippen molar-refractivity contribution in [2.75, 3.05) is 18.8 Å². The van der Waals surface area contributed by atoms with E-state index in [0.717, 1.165) is 0 Å². The van der Waals surface area contributed by atoms with E-state index in [1.54, 1.807) is 0 Å². The Balaban J connectivity index is 2.85. The largest absolute Gasteiger partial charge is 0.481 e. The molecule has 0 bridgehead atoms. The van der Waals surface area contributed by atoms with Gasteiger partial charge in [-0.1, -0.05) is 6.08 Å². The number of hydrogen-bond donors (Lipinski definition) is 1. The fourth-order valence-corrected chi connectivity index (χ4v) is 3.68. The molecule has 0 aromatic heterocycles. The van der Waals surface area contributed by atoms with Gasteiger partial charge in [-0.05, 0) is 12.8 Å². The van der Waals surface area contributed by atoms with Crippen molar-refractivity contribution in [3.63, 3.8) is 0 Å². The fraction of sp³-hybridized carbons (Fsp3) is 0.727. The maximum Gasteiger partial charge on any atom is 0.393 e. The molecule has 0 unspecified atom stereocenters. The van der Waals surface area contributed by atoms with Crippen LogP contribution in [-0.4, -0.2) is 48.8 Å². The number of halogens is 3. The van der Waals surface area contributed by atoms with Gasteiger partial charge in [0.15, 0.2) is 0 Å². The third kappa shape index (κ3) is 3.95. The molecule has 1 fully saturated rings. The van der Waals surface area contributed by atoms with Gasteiger partial charge in [-0.25, -0.2) is 12.7 Å². The zero-order valence-electron chi connectivity index (χ0n) is 10.6. The lowest BCUT2D eigenvalue weighted by atomic mass is 9.96. The molecule has 0 aromatic rings. The molecule has 1 N–H and O–H groups in total. The molecular formula is C11H16F3NO4S. The van der Waals surface area contributed by atoms with Crippen molar-refractivity contribution < 1.29 is 31.5 Å². The van der Waals surface area contributed by atoms with Crippen LogP contribution in [0, 0.1) is 11.8 Å². The summed E-state index contributed by atoms with van der Waals surface area (Å²) in [5.41, 5.74) is 0. The van der Waals surface area contributed by atoms with E-state index in [1.807, 2.05) is 0 Å². The molecule has 20 heavy (non-hydrogen) atoms. The first kappa shape index (κ1) is 17.0. The highest BCUT2D eigenvalue weighted by Crippen LogP contribution is 2.38. The Labute approximate surface area is 115 Å². The van der Waals surface area contributed by atoms with Crippen LogP contribution in [0.4, 0.5) is 13.2 Å². The highest BCUT2D eigenvalue weighted by Gasteiger charge is 2.54. The molecule has 0 saturated carbocycles. The predicted octanol–water partition coefficient (Wildman–Crippen LogP) is 1.48. The lowest BCUT2D eigenvalue weighted by Crippen LogP contribution is -2.34. The van der Waals surface area contributed by atoms with Gasteiger partial charge in [-0.2, -0.15) is 13.2 Å². The molecule has 0 aromatic carbocycles. The number of sulfonamides is 1. The van der Waals surface area contributed by atoms with Gasteiger partial charge in [0.25, 0.3) is 0 Å². The van der Waals surface area contributed by atoms with Crippen LogP contribution >= 0.6 is 0 Å². The highest BCUT2D eigenvalue weighted by atomic mass is 32.2. The van der Waals surface area contributed by atoms with E-state index in [9.17, 15) is 26.4 Å². The zero-order chi connectivity index (χ0) is 15.6. The van der Waals surface area contributed by atoms with Crippen molar-refractivity contribution in [3.8, 4) is 0 Å². The van der Waals surface area contributed by atoms with E-state index >= 15 is 0 Å². The van der Waals surface area contributed by atoms with E-state index in [2.05, 4.69) is 6.58 Å². The maximum atomic E-state index is 12.7. The van der Waals surface area contributed by atoms with Crippen LogP contribution in [0.5, 0.6) is 0 Å². The molecule has 0 aliphatic carbocycles. The first-order valence-electron chi connectivity index (χ1n) is 5.98. The predicted molar refractivity (Wildman–Crippen MR) is 65.5 cm³/mol. The lowest BCUT2D eigenvalue weighted by Gasteiger charge is -2.18. The van der Waals surface area contributed by atoms with Gasteiger partial charge in [0, 0.05) is 13.1 Å². The van der Waals surface area contributed by atoms with Crippen molar-refractivity contribution >= 4 is 16.0 Å². The Morgan fingerprint density at radius 3 is 2.40 bits per heavy atom. The van der Waals surface area contributed by atoms with Gasteiger partial charge in [-0.3, -0.25) is 4.79 Å². The van der Waals surface area contributed by atoms with Gasteiger partial charge >= 0.3 is 12.1 Å². The second kappa shape index (κ2) is 6.13. The summed E-state index contributed by atoms with van der Waals surface area (Å²) >= 11 is 0. The van der Waals surface area contributed by atoms with E-state index < -0.39 is 47.1 Å². The average molecular weight is 315 g/mol. The molecule has 1 rings (SSSR count). The van der Waals surface area contributed by atoms with Crippen molar-refractivity contribution in [1.29, 1.82) is 0 Å². The molecule has 0 radical (unpaired) electrons. The number of unbranched alkanes of at least 4 members (excludes halogenated alkanes) is 1. The van der Waals surface area contributed by atoms with Crippen LogP contribution in [-0.2, 0) is 14.8 Å². The summed E-state index contributed by atoms with van der Waals surface area (Å²) in [6.07, 6.45) is -2.54. The summed E-state index contributed by atoms with van der Waals surface area (Å²) in [5, 5.41) is 8.81. The Bertz CT molecular complexity index is 475. The van der Waals surface area contributed by atoms with Crippen LogP contribution in [0.2, 0.25) is 0 Å². The number of hydrogen-bond acceptors (Lipinski definition) is 3. The van der Waals surface area contributed by atoms with Crippen molar-refractivity contribution in [1.82, 2.24) is 4.31 Å². The van der Waals surface area contributed by atoms with Gasteiger partial charge in [0.1, 0.15) is 0 Å². The molecule has 1 aliphatic heterocycles. The third-order valence-corrected chi connectivity index (χ3v) is 5.12. The second-order valence-electron chi connectivity index (χ2n) is 4.66. The monoisotopic (exact) mass is 315 g/mol. The van der Waals surface area contributed by atoms with Crippen LogP contribution in [0.3, 0.4) is 0 Å². The number of carboxylic acid groups (broad SMARTS) is 1. The molecule has 9 heteroatoms. The van der Waals surface area contributed by atoms with E-state index in [1.165, 1.54) is 6.08 Å². The van der Waals surface area contributed by atoms with E-state index in [4.69, 9.17) is 5.11 Å². The molecular weight excluding hydrogens is 299 g/mol. The SMILES string of the molecule is C=CCCCS(=O)(=O)N1C[C@@H](C(F)(F)F)[C@H](C(=O)O)C1. The van der Waals surface area contributed by atoms with E-state index in [0.29, 0.717) is 10.7 Å². The summed E-state index contributed by atoms with van der Waals surface area (Å²) in [5.74, 6) is -5.84. The summed E-state index contributed by atoms with van der Waals surface area (Å²) in [7, 11) is -3.87. The van der Waals surface area contributed by atoms with Crippen molar-refractivity contribution in [2.45, 2.75) is 19.0 Å². The molecule has 1 aliphatic rings. The zero-order valence-corrected chi connectivity index (χ0v) is 11.5. The van der Waals surface area contributed by atoms with Crippen molar-refractivity contribution in [2.24, 2.45) is 11.8 Å². The van der Waals surface area contributed by atoms with Crippen LogP contribution in [0.15, 0.2) is 12.7 Å². The number of aliphatic carboxylic acids is 1. The fourth-order valence-electron chi connectivity index (χ4n) is 2.12. The molecule has 1 saturated heterocycles. The minimum atomic E-state index is -4.73. The average Bonchev–Trinajstić information content (AvgIpc) is 2.74. The molecule has 5 nitrogen and oxygen atoms in total. The molecule has 1 heterocycles. The normalized spacial score (nSPS) is 24.8. The molecule has 0 amide bonds. The lowest BCUT2D eigenvalue weighted by molar-refractivity contribution is -0.187. The first-order chi connectivity index (χ1) is 9.09. The van der Waals surface area contributed by atoms with Crippen LogP contribution in [0.25, 0.3) is 0 Å². The minimum absolute atomic E-state index is 0.247. The Morgan fingerprint density at radius 2 is 2.00 bits per heavy atom. The topological polar surface area (TPSA) is 74.7 Å². The summed E-state index contributed by atoms with van der Waals surface area (Å²) in [4.78, 5) is 10.9. The minimum Gasteiger partial charge on any atom is -0.481 e. The summed E-state index contributed by atoms with van der Waals surface area (Å²) in [6, 6.07) is 0. The number of rotatable bonds is 6. The highest BCUT2D eigenvalue weighted by molar-refractivity contribution is 7.89. The number of carbonyl (C=O) groups is 1. The summed E-state index contributed by atoms with van der Waals surface area (Å²) < 4.78 is 62.6. The van der Waals surface area contributed by atoms with Gasteiger partial charge < -0.3 is 5.11 Å². The molecule has 0 spiro atoms. The van der Waals surface area contributed by atoms with Gasteiger partial charge in [0.2, 0.25) is 10.0 Å². The first-order valence-corrected chi connectivity index (χ1v) is 7.58. The van der Waals surface area contributed by atoms with Gasteiger partial charge in [-0.15, -0.1) is 6.58 Å². The Kier molecular flexibility index (Phi) is 5.20. The summed E-state index contributed by atoms with van der Waals surface area (Å²) in [6.45, 7) is 1.97. The van der Waals surface area contributed by atoms with Crippen LogP contribution in [0.1, 0.15) is 12.8 Å². The number of nitrogens with zero attached hydrogens (tertiary/aromatic N) is 1. The number of carboxylic acids is 1. The van der Waals surface area contributed by atoms with E-state index in [-0.39, 0.29) is 12.2 Å². The Morgan fingerprint density at radius 1 is 1.40 bits per heavy atom. The number of alkyl halides is 3. The standard InChI is InChI=1S/C11H16F3NO4S/c1-2-3-4-5-20(18,19)15-6-8(10(16)17)9(7-15)11(12,13)14/h2,8-9H,1,3-7H2,(H,16,17)/t8-,9-/m1/s1. The van der Waals surface area contributed by atoms with Crippen molar-refractivity contribution in [3.05, 3.63) is 12.7 Å². The van der Waals surface area contributed by atoms with Crippen LogP contribution < -0.4 is 0 Å². The molecule has 116 valence electrons. The molecule has 2 atom stereocenters. The Hall–Kier alpha value is -1.09. The quantitative estimate of drug-likeness (QED) is 0.595. The van der Waals surface area contributed by atoms with Gasteiger partial charge in [0.05, 0.1) is 17.6 Å². The maximum absolute atomic E-state index is 12.7. The smallest absolute Gasteiger partial charge is 0.393 e.